The molecule has 10 heteroatoms. The van der Waals surface area contributed by atoms with Crippen molar-refractivity contribution < 1.29 is 27.8 Å². The Labute approximate surface area is 198 Å². The molecule has 2 rings (SSSR count). The zero-order chi connectivity index (χ0) is 25.6. The van der Waals surface area contributed by atoms with Crippen LogP contribution in [-0.4, -0.2) is 54.3 Å². The molecule has 3 amide bonds. The lowest BCUT2D eigenvalue weighted by Crippen LogP contribution is -2.38. The standard InChI is InChI=1S/C24H32F2N4O4/c1-8-30(12-15(5)25)24(32)28-19-10-20(34-13(2)3)17(9-18(19)26)22(31)29-21-14(4)11-27-23(33-7)16(21)6/h9-11,13,15H,8,12H2,1-7H3,(H,28,32)(H,27,29,31). The molecule has 0 aliphatic rings. The number of rotatable bonds is 9. The molecule has 0 saturated heterocycles. The number of pyridine rings is 1. The Bertz CT molecular complexity index is 1040. The van der Waals surface area contributed by atoms with Crippen LogP contribution in [0, 0.1) is 19.7 Å². The number of nitrogens with zero attached hydrogens (tertiary/aromatic N) is 2. The Morgan fingerprint density at radius 2 is 1.85 bits per heavy atom. The fourth-order valence-electron chi connectivity index (χ4n) is 3.33. The third-order valence-electron chi connectivity index (χ3n) is 4.96. The van der Waals surface area contributed by atoms with E-state index in [1.165, 1.54) is 25.0 Å². The van der Waals surface area contributed by atoms with Crippen molar-refractivity contribution in [2.24, 2.45) is 0 Å². The minimum Gasteiger partial charge on any atom is -0.490 e. The molecule has 0 saturated carbocycles. The molecule has 0 bridgehead atoms. The summed E-state index contributed by atoms with van der Waals surface area (Å²) in [5.74, 6) is -0.998. The highest BCUT2D eigenvalue weighted by atomic mass is 19.1. The molecule has 0 aliphatic heterocycles. The first-order chi connectivity index (χ1) is 16.0. The average molecular weight is 479 g/mol. The Kier molecular flexibility index (Phi) is 9.17. The van der Waals surface area contributed by atoms with Crippen molar-refractivity contribution in [1.29, 1.82) is 0 Å². The van der Waals surface area contributed by atoms with E-state index in [1.54, 1.807) is 40.8 Å². The average Bonchev–Trinajstić information content (AvgIpc) is 2.76. The minimum atomic E-state index is -1.24. The number of anilines is 2. The molecule has 1 atom stereocenters. The summed E-state index contributed by atoms with van der Waals surface area (Å²) < 4.78 is 39.3. The quantitative estimate of drug-likeness (QED) is 0.523. The summed E-state index contributed by atoms with van der Waals surface area (Å²) in [6, 6.07) is 1.59. The van der Waals surface area contributed by atoms with Gasteiger partial charge < -0.3 is 25.0 Å². The van der Waals surface area contributed by atoms with Crippen LogP contribution in [0.15, 0.2) is 18.3 Å². The number of nitrogens with one attached hydrogen (secondary N) is 2. The number of halogens is 2. The van der Waals surface area contributed by atoms with Crippen molar-refractivity contribution in [3.05, 3.63) is 40.8 Å². The van der Waals surface area contributed by atoms with Crippen molar-refractivity contribution in [3.8, 4) is 11.6 Å². The molecule has 1 unspecified atom stereocenters. The van der Waals surface area contributed by atoms with Crippen molar-refractivity contribution in [2.75, 3.05) is 30.8 Å². The summed E-state index contributed by atoms with van der Waals surface area (Å²) >= 11 is 0. The van der Waals surface area contributed by atoms with Gasteiger partial charge in [0, 0.05) is 24.4 Å². The highest BCUT2D eigenvalue weighted by Crippen LogP contribution is 2.31. The molecule has 0 radical (unpaired) electrons. The van der Waals surface area contributed by atoms with E-state index in [0.717, 1.165) is 6.07 Å². The Balaban J connectivity index is 2.41. The summed E-state index contributed by atoms with van der Waals surface area (Å²) in [5.41, 5.74) is 1.57. The molecule has 0 fully saturated rings. The van der Waals surface area contributed by atoms with Gasteiger partial charge in [-0.25, -0.2) is 18.6 Å². The van der Waals surface area contributed by atoms with E-state index in [2.05, 4.69) is 15.6 Å². The predicted molar refractivity (Wildman–Crippen MR) is 127 cm³/mol. The number of aryl methyl sites for hydroxylation is 1. The van der Waals surface area contributed by atoms with Crippen LogP contribution in [0.2, 0.25) is 0 Å². The van der Waals surface area contributed by atoms with Crippen LogP contribution >= 0.6 is 0 Å². The van der Waals surface area contributed by atoms with E-state index in [0.29, 0.717) is 22.7 Å². The van der Waals surface area contributed by atoms with E-state index >= 15 is 0 Å². The van der Waals surface area contributed by atoms with Crippen molar-refractivity contribution in [3.63, 3.8) is 0 Å². The Morgan fingerprint density at radius 3 is 2.41 bits per heavy atom. The monoisotopic (exact) mass is 478 g/mol. The van der Waals surface area contributed by atoms with Gasteiger partial charge in [0.1, 0.15) is 17.7 Å². The van der Waals surface area contributed by atoms with Gasteiger partial charge in [0.25, 0.3) is 5.91 Å². The lowest BCUT2D eigenvalue weighted by molar-refractivity contribution is 0.102. The van der Waals surface area contributed by atoms with Crippen molar-refractivity contribution in [2.45, 2.75) is 53.8 Å². The van der Waals surface area contributed by atoms with Gasteiger partial charge in [-0.15, -0.1) is 0 Å². The van der Waals surface area contributed by atoms with Crippen molar-refractivity contribution >= 4 is 23.3 Å². The van der Waals surface area contributed by atoms with Gasteiger partial charge in [-0.3, -0.25) is 4.79 Å². The number of hydrogen-bond acceptors (Lipinski definition) is 5. The van der Waals surface area contributed by atoms with Crippen molar-refractivity contribution in [1.82, 2.24) is 9.88 Å². The number of aromatic nitrogens is 1. The summed E-state index contributed by atoms with van der Waals surface area (Å²) in [5, 5.41) is 5.21. The number of benzene rings is 1. The first-order valence-corrected chi connectivity index (χ1v) is 11.0. The van der Waals surface area contributed by atoms with Crippen LogP contribution in [0.4, 0.5) is 25.0 Å². The molecule has 0 aliphatic carbocycles. The van der Waals surface area contributed by atoms with Gasteiger partial charge in [0.2, 0.25) is 5.88 Å². The first kappa shape index (κ1) is 26.8. The van der Waals surface area contributed by atoms with E-state index in [9.17, 15) is 18.4 Å². The molecule has 1 heterocycles. The van der Waals surface area contributed by atoms with Gasteiger partial charge in [-0.05, 0) is 53.2 Å². The maximum Gasteiger partial charge on any atom is 0.322 e. The van der Waals surface area contributed by atoms with Gasteiger partial charge in [0.05, 0.1) is 36.7 Å². The fraction of sp³-hybridized carbons (Fsp3) is 0.458. The maximum atomic E-state index is 15.0. The molecular formula is C24H32F2N4O4. The summed E-state index contributed by atoms with van der Waals surface area (Å²) in [7, 11) is 1.47. The molecule has 1 aromatic carbocycles. The zero-order valence-corrected chi connectivity index (χ0v) is 20.6. The minimum absolute atomic E-state index is 0.0523. The number of methoxy groups -OCH3 is 1. The number of amides is 3. The van der Waals surface area contributed by atoms with E-state index in [-0.39, 0.29) is 36.2 Å². The molecule has 1 aromatic heterocycles. The number of ether oxygens (including phenoxy) is 2. The maximum absolute atomic E-state index is 15.0. The molecule has 2 N–H and O–H groups in total. The van der Waals surface area contributed by atoms with Gasteiger partial charge in [-0.1, -0.05) is 0 Å². The number of urea groups is 1. The topological polar surface area (TPSA) is 92.8 Å². The van der Waals surface area contributed by atoms with E-state index in [1.807, 2.05) is 0 Å². The molecule has 2 aromatic rings. The number of alkyl halides is 1. The first-order valence-electron chi connectivity index (χ1n) is 11.0. The molecule has 8 nitrogen and oxygen atoms in total. The van der Waals surface area contributed by atoms with Gasteiger partial charge >= 0.3 is 6.03 Å². The molecule has 34 heavy (non-hydrogen) atoms. The van der Waals surface area contributed by atoms with Gasteiger partial charge in [0.15, 0.2) is 0 Å². The van der Waals surface area contributed by atoms with Crippen LogP contribution in [0.25, 0.3) is 0 Å². The largest absolute Gasteiger partial charge is 0.490 e. The Morgan fingerprint density at radius 1 is 1.18 bits per heavy atom. The number of hydrogen-bond donors (Lipinski definition) is 2. The Hall–Kier alpha value is -3.43. The van der Waals surface area contributed by atoms with Crippen LogP contribution < -0.4 is 20.1 Å². The lowest BCUT2D eigenvalue weighted by atomic mass is 10.1. The SMILES string of the molecule is CCN(CC(C)F)C(=O)Nc1cc(OC(C)C)c(C(=O)Nc2c(C)cnc(OC)c2C)cc1F. The molecule has 186 valence electrons. The lowest BCUT2D eigenvalue weighted by Gasteiger charge is -2.23. The number of carbonyl (C=O) groups excluding carboxylic acids is 2. The third-order valence-corrected chi connectivity index (χ3v) is 4.96. The third kappa shape index (κ3) is 6.55. The predicted octanol–water partition coefficient (Wildman–Crippen LogP) is 5.10. The second-order valence-electron chi connectivity index (χ2n) is 8.15. The molecule has 0 spiro atoms. The number of carbonyl (C=O) groups is 2. The van der Waals surface area contributed by atoms with Crippen LogP contribution in [0.3, 0.4) is 0 Å². The second-order valence-corrected chi connectivity index (χ2v) is 8.15. The van der Waals surface area contributed by atoms with Crippen LogP contribution in [0.5, 0.6) is 11.6 Å². The normalized spacial score (nSPS) is 11.7. The highest BCUT2D eigenvalue weighted by molar-refractivity contribution is 6.07. The van der Waals surface area contributed by atoms with Crippen LogP contribution in [-0.2, 0) is 0 Å². The zero-order valence-electron chi connectivity index (χ0n) is 20.6. The smallest absolute Gasteiger partial charge is 0.322 e. The summed E-state index contributed by atoms with van der Waals surface area (Å²) in [6.07, 6.45) is -0.00556. The van der Waals surface area contributed by atoms with Gasteiger partial charge in [-0.2, -0.15) is 0 Å². The second kappa shape index (κ2) is 11.6. The van der Waals surface area contributed by atoms with E-state index < -0.39 is 23.9 Å². The van der Waals surface area contributed by atoms with E-state index in [4.69, 9.17) is 9.47 Å². The van der Waals surface area contributed by atoms with Crippen LogP contribution in [0.1, 0.15) is 49.2 Å². The molecular weight excluding hydrogens is 446 g/mol. The summed E-state index contributed by atoms with van der Waals surface area (Å²) in [4.78, 5) is 31.0. The summed E-state index contributed by atoms with van der Waals surface area (Å²) in [6.45, 7) is 10.2. The highest BCUT2D eigenvalue weighted by Gasteiger charge is 2.23. The fourth-order valence-corrected chi connectivity index (χ4v) is 3.33.